The molecule has 0 atom stereocenters. The number of hydrogen-bond acceptors (Lipinski definition) is 4. The first-order valence-corrected chi connectivity index (χ1v) is 8.87. The van der Waals surface area contributed by atoms with E-state index in [1.807, 2.05) is 6.92 Å². The van der Waals surface area contributed by atoms with Gasteiger partial charge in [-0.2, -0.15) is 0 Å². The number of methoxy groups -OCH3 is 1. The Labute approximate surface area is 163 Å². The molecule has 0 unspecified atom stereocenters. The molecule has 1 aliphatic rings. The summed E-state index contributed by atoms with van der Waals surface area (Å²) in [6.45, 7) is 2.32. The molecule has 1 aliphatic heterocycles. The molecule has 1 heterocycles. The summed E-state index contributed by atoms with van der Waals surface area (Å²) < 4.78 is 24.6. The van der Waals surface area contributed by atoms with Gasteiger partial charge in [0.15, 0.2) is 11.5 Å². The van der Waals surface area contributed by atoms with Crippen LogP contribution in [0.5, 0.6) is 11.5 Å². The molecule has 0 aliphatic carbocycles. The molecule has 140 valence electrons. The number of carbonyl (C=O) groups excluding carboxylic acids is 2. The van der Waals surface area contributed by atoms with Gasteiger partial charge < -0.3 is 9.47 Å². The summed E-state index contributed by atoms with van der Waals surface area (Å²) in [5.74, 6) is -0.501. The Morgan fingerprint density at radius 2 is 1.93 bits per heavy atom. The summed E-state index contributed by atoms with van der Waals surface area (Å²) in [4.78, 5) is 24.9. The summed E-state index contributed by atoms with van der Waals surface area (Å²) in [6.07, 6.45) is 1.46. The molecule has 2 aromatic rings. The van der Waals surface area contributed by atoms with E-state index in [2.05, 4.69) is 21.4 Å². The molecule has 1 fully saturated rings. The number of amides is 2. The fourth-order valence-electron chi connectivity index (χ4n) is 2.60. The molecule has 2 amide bonds. The summed E-state index contributed by atoms with van der Waals surface area (Å²) in [5.41, 5.74) is 3.38. The van der Waals surface area contributed by atoms with Crippen LogP contribution in [-0.4, -0.2) is 25.5 Å². The van der Waals surface area contributed by atoms with Gasteiger partial charge in [0.1, 0.15) is 11.4 Å². The highest BCUT2D eigenvalue weighted by Crippen LogP contribution is 2.37. The third kappa shape index (κ3) is 3.80. The van der Waals surface area contributed by atoms with Gasteiger partial charge in [0.25, 0.3) is 11.8 Å². The average molecular weight is 435 g/mol. The SMILES string of the molecule is CCOc1c(Br)cc(/C=C2\C(=O)NN(c3ccc(F)cc3)C2=O)cc1OC. The Morgan fingerprint density at radius 3 is 2.56 bits per heavy atom. The van der Waals surface area contributed by atoms with Crippen molar-refractivity contribution in [3.63, 3.8) is 0 Å². The van der Waals surface area contributed by atoms with Gasteiger partial charge in [-0.1, -0.05) is 0 Å². The van der Waals surface area contributed by atoms with Crippen LogP contribution in [0, 0.1) is 5.82 Å². The molecular formula is C19H16BrFN2O4. The van der Waals surface area contributed by atoms with Crippen molar-refractivity contribution >= 4 is 39.5 Å². The fourth-order valence-corrected chi connectivity index (χ4v) is 3.18. The van der Waals surface area contributed by atoms with Crippen LogP contribution in [0.4, 0.5) is 10.1 Å². The highest BCUT2D eigenvalue weighted by molar-refractivity contribution is 9.10. The molecule has 1 N–H and O–H groups in total. The van der Waals surface area contributed by atoms with Crippen molar-refractivity contribution < 1.29 is 23.5 Å². The third-order valence-corrected chi connectivity index (χ3v) is 4.42. The van der Waals surface area contributed by atoms with Gasteiger partial charge >= 0.3 is 0 Å². The van der Waals surface area contributed by atoms with Crippen LogP contribution < -0.4 is 19.9 Å². The van der Waals surface area contributed by atoms with Crippen LogP contribution in [0.15, 0.2) is 46.4 Å². The topological polar surface area (TPSA) is 67.9 Å². The van der Waals surface area contributed by atoms with Crippen molar-refractivity contribution in [1.82, 2.24) is 5.43 Å². The number of hydrazine groups is 1. The first kappa shape index (κ1) is 18.9. The van der Waals surface area contributed by atoms with E-state index in [0.29, 0.717) is 33.8 Å². The van der Waals surface area contributed by atoms with Gasteiger partial charge in [-0.15, -0.1) is 0 Å². The molecule has 27 heavy (non-hydrogen) atoms. The number of anilines is 1. The van der Waals surface area contributed by atoms with Crippen LogP contribution in [0.3, 0.4) is 0 Å². The maximum Gasteiger partial charge on any atom is 0.282 e. The molecular weight excluding hydrogens is 419 g/mol. The zero-order chi connectivity index (χ0) is 19.6. The number of ether oxygens (including phenoxy) is 2. The zero-order valence-electron chi connectivity index (χ0n) is 14.6. The molecule has 0 saturated carbocycles. The van der Waals surface area contributed by atoms with E-state index in [1.54, 1.807) is 12.1 Å². The zero-order valence-corrected chi connectivity index (χ0v) is 16.2. The normalized spacial score (nSPS) is 15.3. The minimum Gasteiger partial charge on any atom is -0.493 e. The number of nitrogens with one attached hydrogen (secondary N) is 1. The maximum atomic E-state index is 13.1. The van der Waals surface area contributed by atoms with Crippen molar-refractivity contribution in [2.45, 2.75) is 6.92 Å². The molecule has 0 bridgehead atoms. The van der Waals surface area contributed by atoms with Crippen molar-refractivity contribution in [2.75, 3.05) is 18.7 Å². The van der Waals surface area contributed by atoms with E-state index >= 15 is 0 Å². The number of halogens is 2. The van der Waals surface area contributed by atoms with Crippen molar-refractivity contribution in [3.05, 3.63) is 57.8 Å². The van der Waals surface area contributed by atoms with Crippen LogP contribution in [0.1, 0.15) is 12.5 Å². The molecule has 3 rings (SSSR count). The molecule has 2 aromatic carbocycles. The lowest BCUT2D eigenvalue weighted by Crippen LogP contribution is -2.35. The van der Waals surface area contributed by atoms with Gasteiger partial charge in [0, 0.05) is 0 Å². The Bertz CT molecular complexity index is 928. The quantitative estimate of drug-likeness (QED) is 0.577. The second-order valence-corrected chi connectivity index (χ2v) is 6.44. The lowest BCUT2D eigenvalue weighted by atomic mass is 10.1. The van der Waals surface area contributed by atoms with Gasteiger partial charge in [-0.25, -0.2) is 9.40 Å². The second-order valence-electron chi connectivity index (χ2n) is 5.58. The van der Waals surface area contributed by atoms with Gasteiger partial charge in [0.05, 0.1) is 23.9 Å². The third-order valence-electron chi connectivity index (χ3n) is 3.83. The average Bonchev–Trinajstić information content (AvgIpc) is 2.92. The predicted molar refractivity (Wildman–Crippen MR) is 102 cm³/mol. The number of rotatable bonds is 5. The standard InChI is InChI=1S/C19H16BrFN2O4/c1-3-27-17-15(20)9-11(10-16(17)26-2)8-14-18(24)22-23(19(14)25)13-6-4-12(21)5-7-13/h4-10H,3H2,1-2H3,(H,22,24)/b14-8+. The summed E-state index contributed by atoms with van der Waals surface area (Å²) in [6, 6.07) is 8.64. The minimum absolute atomic E-state index is 0.0440. The van der Waals surface area contributed by atoms with E-state index in [4.69, 9.17) is 9.47 Å². The Hall–Kier alpha value is -2.87. The Kier molecular flexibility index (Phi) is 5.46. The van der Waals surface area contributed by atoms with E-state index in [0.717, 1.165) is 5.01 Å². The summed E-state index contributed by atoms with van der Waals surface area (Å²) in [7, 11) is 1.50. The lowest BCUT2D eigenvalue weighted by molar-refractivity contribution is -0.117. The van der Waals surface area contributed by atoms with E-state index in [-0.39, 0.29) is 5.57 Å². The molecule has 0 aromatic heterocycles. The van der Waals surface area contributed by atoms with E-state index < -0.39 is 17.6 Å². The van der Waals surface area contributed by atoms with Gasteiger partial charge in [-0.05, 0) is 70.9 Å². The predicted octanol–water partition coefficient (Wildman–Crippen LogP) is 3.46. The summed E-state index contributed by atoms with van der Waals surface area (Å²) in [5, 5.41) is 1.08. The number of nitrogens with zero attached hydrogens (tertiary/aromatic N) is 1. The van der Waals surface area contributed by atoms with Crippen LogP contribution >= 0.6 is 15.9 Å². The molecule has 6 nitrogen and oxygen atoms in total. The van der Waals surface area contributed by atoms with E-state index in [9.17, 15) is 14.0 Å². The van der Waals surface area contributed by atoms with Crippen molar-refractivity contribution in [1.29, 1.82) is 0 Å². The van der Waals surface area contributed by atoms with Crippen molar-refractivity contribution in [3.8, 4) is 11.5 Å². The number of carbonyl (C=O) groups is 2. The minimum atomic E-state index is -0.548. The second kappa shape index (κ2) is 7.79. The van der Waals surface area contributed by atoms with Gasteiger partial charge in [0.2, 0.25) is 0 Å². The maximum absolute atomic E-state index is 13.1. The Balaban J connectivity index is 1.95. The molecule has 0 spiro atoms. The van der Waals surface area contributed by atoms with E-state index in [1.165, 1.54) is 37.5 Å². The monoisotopic (exact) mass is 434 g/mol. The van der Waals surface area contributed by atoms with Crippen LogP contribution in [0.25, 0.3) is 6.08 Å². The van der Waals surface area contributed by atoms with Crippen LogP contribution in [0.2, 0.25) is 0 Å². The number of benzene rings is 2. The highest BCUT2D eigenvalue weighted by Gasteiger charge is 2.34. The molecule has 0 radical (unpaired) electrons. The fraction of sp³-hybridized carbons (Fsp3) is 0.158. The Morgan fingerprint density at radius 1 is 1.22 bits per heavy atom. The summed E-state index contributed by atoms with van der Waals surface area (Å²) >= 11 is 3.41. The first-order valence-electron chi connectivity index (χ1n) is 8.07. The molecule has 1 saturated heterocycles. The largest absolute Gasteiger partial charge is 0.493 e. The van der Waals surface area contributed by atoms with Gasteiger partial charge in [-0.3, -0.25) is 15.0 Å². The van der Waals surface area contributed by atoms with Crippen molar-refractivity contribution in [2.24, 2.45) is 0 Å². The smallest absolute Gasteiger partial charge is 0.282 e. The highest BCUT2D eigenvalue weighted by atomic mass is 79.9. The first-order chi connectivity index (χ1) is 12.9. The lowest BCUT2D eigenvalue weighted by Gasteiger charge is -2.14. The number of hydrogen-bond donors (Lipinski definition) is 1. The molecule has 8 heteroatoms. The van der Waals surface area contributed by atoms with Crippen LogP contribution in [-0.2, 0) is 9.59 Å².